The predicted molar refractivity (Wildman–Crippen MR) is 183 cm³/mol. The van der Waals surface area contributed by atoms with Crippen LogP contribution >= 0.6 is 21.6 Å². The van der Waals surface area contributed by atoms with Gasteiger partial charge in [0, 0.05) is 28.0 Å². The molecule has 256 valence electrons. The number of aliphatic hydroxyl groups is 1. The first-order chi connectivity index (χ1) is 22.6. The Morgan fingerprint density at radius 1 is 1.23 bits per heavy atom. The third-order valence-electron chi connectivity index (χ3n) is 9.65. The van der Waals surface area contributed by atoms with Gasteiger partial charge in [-0.1, -0.05) is 52.3 Å². The van der Waals surface area contributed by atoms with Crippen molar-refractivity contribution in [3.8, 4) is 11.4 Å². The van der Waals surface area contributed by atoms with E-state index in [1.807, 2.05) is 34.6 Å². The molecule has 0 saturated carbocycles. The minimum absolute atomic E-state index is 0.00862. The number of hydrogen-bond acceptors (Lipinski definition) is 10. The van der Waals surface area contributed by atoms with E-state index in [1.54, 1.807) is 19.9 Å². The zero-order chi connectivity index (χ0) is 34.9. The van der Waals surface area contributed by atoms with Crippen LogP contribution in [0, 0.1) is 24.1 Å². The fourth-order valence-electron chi connectivity index (χ4n) is 6.60. The maximum atomic E-state index is 15.2. The van der Waals surface area contributed by atoms with Gasteiger partial charge in [-0.15, -0.1) is 0 Å². The van der Waals surface area contributed by atoms with Gasteiger partial charge in [0.15, 0.2) is 5.60 Å². The fourth-order valence-corrected chi connectivity index (χ4v) is 9.63. The molecule has 1 unspecified atom stereocenters. The molecule has 0 bridgehead atoms. The molecule has 0 saturated heterocycles. The summed E-state index contributed by atoms with van der Waals surface area (Å²) in [6, 6.07) is 2.47. The van der Waals surface area contributed by atoms with Crippen molar-refractivity contribution in [1.82, 2.24) is 14.9 Å². The monoisotopic (exact) mass is 697 g/mol. The summed E-state index contributed by atoms with van der Waals surface area (Å²) < 4.78 is 27.7. The highest BCUT2D eigenvalue weighted by molar-refractivity contribution is 8.82. The Balaban J connectivity index is 1.36. The third-order valence-corrected chi connectivity index (χ3v) is 12.9. The van der Waals surface area contributed by atoms with Gasteiger partial charge in [-0.3, -0.25) is 9.59 Å². The van der Waals surface area contributed by atoms with Gasteiger partial charge in [-0.2, -0.15) is 0 Å². The van der Waals surface area contributed by atoms with Gasteiger partial charge >= 0.3 is 12.1 Å². The van der Waals surface area contributed by atoms with Crippen molar-refractivity contribution < 1.29 is 33.4 Å². The minimum atomic E-state index is -1.98. The molecule has 2 aliphatic heterocycles. The second kappa shape index (κ2) is 12.5. The van der Waals surface area contributed by atoms with Crippen LogP contribution in [0.15, 0.2) is 16.9 Å². The molecule has 0 fully saturated rings. The maximum Gasteiger partial charge on any atom is 0.407 e. The van der Waals surface area contributed by atoms with Crippen LogP contribution in [0.1, 0.15) is 93.8 Å². The van der Waals surface area contributed by atoms with Gasteiger partial charge in [0.1, 0.15) is 19.0 Å². The van der Waals surface area contributed by atoms with Gasteiger partial charge in [0.25, 0.3) is 5.56 Å². The Kier molecular flexibility index (Phi) is 8.95. The minimum Gasteiger partial charge on any atom is -0.458 e. The number of hydrogen-bond donors (Lipinski definition) is 2. The Morgan fingerprint density at radius 3 is 2.62 bits per heavy atom. The van der Waals surface area contributed by atoms with E-state index >= 15 is 4.39 Å². The van der Waals surface area contributed by atoms with Crippen molar-refractivity contribution in [2.45, 2.75) is 97.8 Å². The lowest BCUT2D eigenvalue weighted by Gasteiger charge is -2.31. The number of nitrogens with one attached hydrogen (secondary N) is 1. The number of esters is 1. The molecular weight excluding hydrogens is 658 g/mol. The van der Waals surface area contributed by atoms with E-state index in [-0.39, 0.29) is 53.6 Å². The van der Waals surface area contributed by atoms with Crippen molar-refractivity contribution >= 4 is 49.7 Å². The van der Waals surface area contributed by atoms with Crippen molar-refractivity contribution in [2.24, 2.45) is 11.3 Å². The number of aromatic nitrogens is 2. The van der Waals surface area contributed by atoms with Gasteiger partial charge < -0.3 is 24.5 Å². The van der Waals surface area contributed by atoms with Crippen LogP contribution in [0.25, 0.3) is 22.3 Å². The van der Waals surface area contributed by atoms with Gasteiger partial charge in [-0.05, 0) is 65.7 Å². The average Bonchev–Trinajstić information content (AvgIpc) is 3.40. The number of halogens is 1. The van der Waals surface area contributed by atoms with Crippen LogP contribution in [-0.4, -0.2) is 43.7 Å². The number of carbonyl (C=O) groups excluding carboxylic acids is 3. The summed E-state index contributed by atoms with van der Waals surface area (Å²) in [7, 11) is 2.58. The van der Waals surface area contributed by atoms with Gasteiger partial charge in [0.2, 0.25) is 5.12 Å². The highest BCUT2D eigenvalue weighted by Gasteiger charge is 2.46. The molecular formula is C35H40FN3O7S2. The number of ether oxygens (including phenoxy) is 2. The number of nitrogens with zero attached hydrogens (tertiary/aromatic N) is 2. The lowest BCUT2D eigenvalue weighted by molar-refractivity contribution is -0.172. The first-order valence-corrected chi connectivity index (χ1v) is 18.4. The smallest absolute Gasteiger partial charge is 0.407 e. The summed E-state index contributed by atoms with van der Waals surface area (Å²) in [5.74, 6) is -1.07. The second-order valence-electron chi connectivity index (χ2n) is 14.1. The van der Waals surface area contributed by atoms with Gasteiger partial charge in [0.05, 0.1) is 40.3 Å². The molecule has 10 nitrogen and oxygen atoms in total. The Hall–Kier alpha value is -3.42. The lowest BCUT2D eigenvalue weighted by Crippen LogP contribution is -2.44. The molecule has 3 atom stereocenters. The number of pyridine rings is 2. The molecule has 3 aromatic rings. The highest BCUT2D eigenvalue weighted by Crippen LogP contribution is 2.46. The first-order valence-electron chi connectivity index (χ1n) is 16.2. The molecule has 1 aliphatic carbocycles. The SMILES string of the molecule is CC[C@@]1(O)C(=O)OCc2c1cc1n(c2=O)Cc2c-1nc1cc(F)c(C)c3c1c2[C@@H](NC(=O)OCC(SSC(=O)C(C)(C)C)C(C)C)CC3. The molecule has 1 aromatic carbocycles. The maximum absolute atomic E-state index is 15.2. The number of alkyl carbamates (subject to hydrolysis) is 1. The second-order valence-corrected chi connectivity index (χ2v) is 16.6. The molecule has 2 N–H and O–H groups in total. The molecule has 48 heavy (non-hydrogen) atoms. The quantitative estimate of drug-likeness (QED) is 0.169. The molecule has 1 amide bonds. The Morgan fingerprint density at radius 2 is 1.96 bits per heavy atom. The first kappa shape index (κ1) is 34.4. The summed E-state index contributed by atoms with van der Waals surface area (Å²) in [5, 5.41) is 15.0. The van der Waals surface area contributed by atoms with E-state index in [0.29, 0.717) is 40.9 Å². The topological polar surface area (TPSA) is 137 Å². The number of benzene rings is 1. The summed E-state index contributed by atoms with van der Waals surface area (Å²) >= 11 is 0. The number of carbonyl (C=O) groups is 3. The average molecular weight is 698 g/mol. The highest BCUT2D eigenvalue weighted by atomic mass is 33.1. The molecule has 13 heteroatoms. The zero-order valence-corrected chi connectivity index (χ0v) is 29.7. The summed E-state index contributed by atoms with van der Waals surface area (Å²) in [6.07, 6.45) is 0.356. The Bertz CT molecular complexity index is 1940. The van der Waals surface area contributed by atoms with E-state index in [1.165, 1.54) is 32.2 Å². The number of amides is 1. The van der Waals surface area contributed by atoms with Crippen LogP contribution in [0.5, 0.6) is 0 Å². The van der Waals surface area contributed by atoms with Gasteiger partial charge in [-0.25, -0.2) is 19.0 Å². The molecule has 6 rings (SSSR count). The Labute approximate surface area is 285 Å². The van der Waals surface area contributed by atoms with Crippen LogP contribution in [0.2, 0.25) is 0 Å². The van der Waals surface area contributed by atoms with Crippen molar-refractivity contribution in [1.29, 1.82) is 0 Å². The third kappa shape index (κ3) is 5.71. The molecule has 2 aromatic heterocycles. The summed E-state index contributed by atoms with van der Waals surface area (Å²) in [4.78, 5) is 57.2. The van der Waals surface area contributed by atoms with E-state index < -0.39 is 40.5 Å². The summed E-state index contributed by atoms with van der Waals surface area (Å²) in [5.41, 5.74) is 1.52. The van der Waals surface area contributed by atoms with Crippen molar-refractivity contribution in [3.05, 3.63) is 61.7 Å². The predicted octanol–water partition coefficient (Wildman–Crippen LogP) is 6.22. The number of cyclic esters (lactones) is 1. The van der Waals surface area contributed by atoms with E-state index in [0.717, 1.165) is 16.5 Å². The summed E-state index contributed by atoms with van der Waals surface area (Å²) in [6.45, 7) is 13.0. The van der Waals surface area contributed by atoms with Crippen LogP contribution in [0.4, 0.5) is 9.18 Å². The van der Waals surface area contributed by atoms with Crippen molar-refractivity contribution in [3.63, 3.8) is 0 Å². The number of aryl methyl sites for hydroxylation is 1. The van der Waals surface area contributed by atoms with Crippen molar-refractivity contribution in [2.75, 3.05) is 6.61 Å². The lowest BCUT2D eigenvalue weighted by atomic mass is 9.81. The molecule has 3 aliphatic rings. The van der Waals surface area contributed by atoms with Crippen LogP contribution in [-0.2, 0) is 44.2 Å². The largest absolute Gasteiger partial charge is 0.458 e. The molecule has 4 heterocycles. The number of rotatable bonds is 7. The van der Waals surface area contributed by atoms with Crippen LogP contribution in [0.3, 0.4) is 0 Å². The number of fused-ring (bicyclic) bond motifs is 5. The molecule has 0 spiro atoms. The van der Waals surface area contributed by atoms with E-state index in [9.17, 15) is 24.3 Å². The molecule has 0 radical (unpaired) electrons. The van der Waals surface area contributed by atoms with E-state index in [4.69, 9.17) is 14.5 Å². The van der Waals surface area contributed by atoms with Crippen LogP contribution < -0.4 is 10.9 Å². The fraction of sp³-hybridized carbons (Fsp3) is 0.514. The zero-order valence-electron chi connectivity index (χ0n) is 28.1. The standard InChI is InChI=1S/C35H40FN3O7S2/c1-8-35(44)21-11-25-29-19(13-39(25)30(40)20(21)14-45-31(35)41)28-23(10-9-18-17(4)22(36)12-24(37-29)27(18)28)38-33(43)46-15-26(16(2)3)47-48-32(42)34(5,6)7/h11-12,16,23,26,44H,8-10,13-15H2,1-7H3,(H,38,43)/t23-,26?,35-/m0/s1. The van der Waals surface area contributed by atoms with E-state index in [2.05, 4.69) is 5.32 Å². The normalized spacial score (nSPS) is 20.2.